The first-order valence-corrected chi connectivity index (χ1v) is 12.6. The molecule has 6 rings (SSSR count). The van der Waals surface area contributed by atoms with Crippen molar-refractivity contribution in [3.8, 4) is 17.2 Å². The minimum atomic E-state index is 0.0430. The lowest BCUT2D eigenvalue weighted by atomic mass is 9.89. The number of ether oxygens (including phenoxy) is 2. The molecule has 3 heterocycles. The number of fused-ring (bicyclic) bond motifs is 4. The van der Waals surface area contributed by atoms with Crippen LogP contribution in [0.25, 0.3) is 15.9 Å². The Morgan fingerprint density at radius 2 is 2.00 bits per heavy atom. The molecule has 0 bridgehead atoms. The number of thiophene rings is 1. The van der Waals surface area contributed by atoms with Gasteiger partial charge < -0.3 is 9.47 Å². The van der Waals surface area contributed by atoms with E-state index in [-0.39, 0.29) is 12.4 Å². The number of aryl methyl sites for hydroxylation is 1. The monoisotopic (exact) mass is 462 g/mol. The third-order valence-electron chi connectivity index (χ3n) is 6.12. The van der Waals surface area contributed by atoms with Crippen molar-refractivity contribution in [1.29, 1.82) is 0 Å². The summed E-state index contributed by atoms with van der Waals surface area (Å²) in [7, 11) is 0. The minimum Gasteiger partial charge on any atom is -0.454 e. The molecule has 2 aliphatic rings. The second kappa shape index (κ2) is 7.98. The van der Waals surface area contributed by atoms with E-state index in [1.807, 2.05) is 48.5 Å². The first-order chi connectivity index (χ1) is 15.7. The lowest BCUT2D eigenvalue weighted by Gasteiger charge is -2.17. The van der Waals surface area contributed by atoms with Crippen molar-refractivity contribution in [3.63, 3.8) is 0 Å². The molecule has 4 aromatic rings. The lowest BCUT2D eigenvalue weighted by Crippen LogP contribution is -2.22. The number of rotatable bonds is 4. The van der Waals surface area contributed by atoms with E-state index in [2.05, 4.69) is 6.92 Å². The largest absolute Gasteiger partial charge is 0.454 e. The highest BCUT2D eigenvalue weighted by Crippen LogP contribution is 2.38. The van der Waals surface area contributed by atoms with Crippen LogP contribution in [-0.4, -0.2) is 16.3 Å². The summed E-state index contributed by atoms with van der Waals surface area (Å²) < 4.78 is 12.7. The number of hydrogen-bond donors (Lipinski definition) is 0. The molecular formula is C25H22N2O3S2. The average Bonchev–Trinajstić information content (AvgIpc) is 3.41. The Hall–Kier alpha value is -2.77. The van der Waals surface area contributed by atoms with E-state index < -0.39 is 0 Å². The highest BCUT2D eigenvalue weighted by molar-refractivity contribution is 7.98. The summed E-state index contributed by atoms with van der Waals surface area (Å²) in [5, 5.41) is 1.53. The van der Waals surface area contributed by atoms with Gasteiger partial charge in [-0.3, -0.25) is 9.36 Å². The van der Waals surface area contributed by atoms with Gasteiger partial charge in [-0.25, -0.2) is 4.98 Å². The van der Waals surface area contributed by atoms with Crippen molar-refractivity contribution in [2.75, 3.05) is 6.79 Å². The number of thioether (sulfide) groups is 1. The van der Waals surface area contributed by atoms with Crippen molar-refractivity contribution >= 4 is 33.3 Å². The highest BCUT2D eigenvalue weighted by atomic mass is 32.2. The van der Waals surface area contributed by atoms with Crippen LogP contribution in [0.3, 0.4) is 0 Å². The van der Waals surface area contributed by atoms with Gasteiger partial charge in [0, 0.05) is 10.6 Å². The summed E-state index contributed by atoms with van der Waals surface area (Å²) in [5.74, 6) is 2.89. The van der Waals surface area contributed by atoms with Crippen molar-refractivity contribution in [3.05, 3.63) is 74.9 Å². The molecule has 7 heteroatoms. The summed E-state index contributed by atoms with van der Waals surface area (Å²) in [6.07, 6.45) is 3.14. The fourth-order valence-corrected chi connectivity index (χ4v) is 6.83. The van der Waals surface area contributed by atoms with E-state index in [0.29, 0.717) is 11.7 Å². The van der Waals surface area contributed by atoms with Crippen molar-refractivity contribution in [1.82, 2.24) is 9.55 Å². The third kappa shape index (κ3) is 3.40. The van der Waals surface area contributed by atoms with Crippen LogP contribution >= 0.6 is 23.1 Å². The molecule has 2 aromatic heterocycles. The summed E-state index contributed by atoms with van der Waals surface area (Å²) in [6.45, 7) is 2.55. The zero-order valence-electron chi connectivity index (χ0n) is 17.7. The minimum absolute atomic E-state index is 0.0430. The quantitative estimate of drug-likeness (QED) is 0.292. The van der Waals surface area contributed by atoms with Gasteiger partial charge in [0.25, 0.3) is 5.56 Å². The maximum Gasteiger partial charge on any atom is 0.267 e. The van der Waals surface area contributed by atoms with Gasteiger partial charge in [-0.15, -0.1) is 11.3 Å². The van der Waals surface area contributed by atoms with Crippen LogP contribution < -0.4 is 15.0 Å². The molecule has 1 atom stereocenters. The Kier molecular flexibility index (Phi) is 4.96. The van der Waals surface area contributed by atoms with Crippen LogP contribution in [0.1, 0.15) is 29.3 Å². The predicted molar refractivity (Wildman–Crippen MR) is 129 cm³/mol. The van der Waals surface area contributed by atoms with Gasteiger partial charge in [0.15, 0.2) is 16.7 Å². The fourth-order valence-electron chi connectivity index (χ4n) is 4.45. The van der Waals surface area contributed by atoms with E-state index >= 15 is 0 Å². The predicted octanol–water partition coefficient (Wildman–Crippen LogP) is 5.59. The molecule has 0 saturated carbocycles. The molecule has 162 valence electrons. The van der Waals surface area contributed by atoms with E-state index in [9.17, 15) is 4.79 Å². The maximum absolute atomic E-state index is 13.8. The Labute approximate surface area is 194 Å². The number of para-hydroxylation sites is 1. The van der Waals surface area contributed by atoms with E-state index in [1.165, 1.54) is 10.4 Å². The van der Waals surface area contributed by atoms with Crippen LogP contribution in [-0.2, 0) is 18.6 Å². The summed E-state index contributed by atoms with van der Waals surface area (Å²) >= 11 is 3.28. The van der Waals surface area contributed by atoms with Crippen LogP contribution in [0.4, 0.5) is 0 Å². The number of nitrogens with zero attached hydrogens (tertiary/aromatic N) is 2. The molecule has 1 aliphatic carbocycles. The smallest absolute Gasteiger partial charge is 0.267 e. The molecule has 0 N–H and O–H groups in total. The molecule has 1 aliphatic heterocycles. The fraction of sp³-hybridized carbons (Fsp3) is 0.280. The Balaban J connectivity index is 1.45. The molecule has 0 spiro atoms. The lowest BCUT2D eigenvalue weighted by molar-refractivity contribution is 0.174. The van der Waals surface area contributed by atoms with Gasteiger partial charge in [-0.05, 0) is 60.6 Å². The maximum atomic E-state index is 13.8. The van der Waals surface area contributed by atoms with Gasteiger partial charge in [-0.1, -0.05) is 43.0 Å². The molecule has 2 aromatic carbocycles. The first kappa shape index (κ1) is 19.9. The summed E-state index contributed by atoms with van der Waals surface area (Å²) in [6, 6.07) is 15.8. The van der Waals surface area contributed by atoms with Gasteiger partial charge in [0.05, 0.1) is 11.1 Å². The zero-order chi connectivity index (χ0) is 21.7. The molecule has 32 heavy (non-hydrogen) atoms. The van der Waals surface area contributed by atoms with Gasteiger partial charge in [-0.2, -0.15) is 0 Å². The Morgan fingerprint density at radius 3 is 2.88 bits per heavy atom. The summed E-state index contributed by atoms with van der Waals surface area (Å²) in [5.41, 5.74) is 3.22. The average molecular weight is 463 g/mol. The highest BCUT2D eigenvalue weighted by Gasteiger charge is 2.25. The number of aromatic nitrogens is 2. The second-order valence-corrected chi connectivity index (χ2v) is 10.4. The van der Waals surface area contributed by atoms with E-state index in [4.69, 9.17) is 14.5 Å². The van der Waals surface area contributed by atoms with Crippen molar-refractivity contribution in [2.24, 2.45) is 5.92 Å². The third-order valence-corrected chi connectivity index (χ3v) is 8.28. The molecule has 0 saturated heterocycles. The standard InChI is InChI=1S/C25H22N2O3S2/c1-15-7-9-18-21(11-15)32-23-22(18)24(28)27(17-5-3-2-4-6-17)25(26-23)31-13-16-8-10-19-20(12-16)30-14-29-19/h2-6,8,10,12,15H,7,9,11,13-14H2,1H3/t15-/m0/s1. The van der Waals surface area contributed by atoms with Crippen LogP contribution in [0.2, 0.25) is 0 Å². The van der Waals surface area contributed by atoms with Crippen LogP contribution in [0, 0.1) is 5.92 Å². The second-order valence-electron chi connectivity index (χ2n) is 8.38. The molecule has 5 nitrogen and oxygen atoms in total. The first-order valence-electron chi connectivity index (χ1n) is 10.8. The topological polar surface area (TPSA) is 53.4 Å². The van der Waals surface area contributed by atoms with Gasteiger partial charge in [0.2, 0.25) is 6.79 Å². The molecule has 0 fully saturated rings. The molecule has 0 amide bonds. The molecule has 0 radical (unpaired) electrons. The van der Waals surface area contributed by atoms with Crippen LogP contribution in [0.5, 0.6) is 11.5 Å². The Morgan fingerprint density at radius 1 is 1.16 bits per heavy atom. The molecular weight excluding hydrogens is 440 g/mol. The number of hydrogen-bond acceptors (Lipinski definition) is 6. The van der Waals surface area contributed by atoms with Gasteiger partial charge >= 0.3 is 0 Å². The number of benzene rings is 2. The van der Waals surface area contributed by atoms with E-state index in [0.717, 1.165) is 57.4 Å². The normalized spacial score (nSPS) is 17.0. The zero-order valence-corrected chi connectivity index (χ0v) is 19.3. The Bertz CT molecular complexity index is 1380. The summed E-state index contributed by atoms with van der Waals surface area (Å²) in [4.78, 5) is 21.0. The van der Waals surface area contributed by atoms with Crippen molar-refractivity contribution < 1.29 is 9.47 Å². The van der Waals surface area contributed by atoms with Crippen LogP contribution in [0.15, 0.2) is 58.5 Å². The molecule has 0 unspecified atom stereocenters. The van der Waals surface area contributed by atoms with Gasteiger partial charge in [0.1, 0.15) is 4.83 Å². The van der Waals surface area contributed by atoms with E-state index in [1.54, 1.807) is 27.7 Å². The SMILES string of the molecule is C[C@H]1CCc2c(sc3nc(SCc4ccc5c(c4)OCO5)n(-c4ccccc4)c(=O)c23)C1. The van der Waals surface area contributed by atoms with Crippen molar-refractivity contribution in [2.45, 2.75) is 37.1 Å².